The first-order chi connectivity index (χ1) is 12.1. The first-order valence-corrected chi connectivity index (χ1v) is 7.57. The molecule has 1 aliphatic heterocycles. The number of methoxy groups -OCH3 is 3. The van der Waals surface area contributed by atoms with Crippen molar-refractivity contribution >= 4 is 5.90 Å². The Morgan fingerprint density at radius 1 is 1.24 bits per heavy atom. The zero-order chi connectivity index (χ0) is 18.0. The van der Waals surface area contributed by atoms with Crippen LogP contribution in [-0.4, -0.2) is 37.4 Å². The Labute approximate surface area is 144 Å². The van der Waals surface area contributed by atoms with Crippen molar-refractivity contribution in [2.75, 3.05) is 21.3 Å². The van der Waals surface area contributed by atoms with Crippen LogP contribution in [0.3, 0.4) is 0 Å². The van der Waals surface area contributed by atoms with Gasteiger partial charge in [-0.25, -0.2) is 0 Å². The van der Waals surface area contributed by atoms with Gasteiger partial charge in [-0.05, 0) is 17.7 Å². The summed E-state index contributed by atoms with van der Waals surface area (Å²) in [7, 11) is 4.70. The lowest BCUT2D eigenvalue weighted by atomic mass is 9.79. The first kappa shape index (κ1) is 16.8. The molecular formula is C17H18N4O4. The van der Waals surface area contributed by atoms with E-state index in [4.69, 9.17) is 24.4 Å². The molecule has 8 nitrogen and oxygen atoms in total. The van der Waals surface area contributed by atoms with Crippen LogP contribution < -0.4 is 14.2 Å². The zero-order valence-electron chi connectivity index (χ0n) is 14.1. The summed E-state index contributed by atoms with van der Waals surface area (Å²) in [5.74, 6) is 0.101. The summed E-state index contributed by atoms with van der Waals surface area (Å²) in [5.41, 5.74) is 2.19. The van der Waals surface area contributed by atoms with E-state index >= 15 is 0 Å². The standard InChI is InChI=1S/C17H18N4O4/c1-22-8-13-15-14(9-4-10(23-2)6-11(5-9)24-3)12(7-18)16(19)25-17(15)21-20-13/h4-6,12,14,19H,8H2,1-3H3,(H,20,21). The molecule has 0 aliphatic carbocycles. The van der Waals surface area contributed by atoms with Crippen molar-refractivity contribution < 1.29 is 18.9 Å². The topological polar surface area (TPSA) is 113 Å². The minimum absolute atomic E-state index is 0.141. The molecule has 3 rings (SSSR count). The SMILES string of the molecule is COCc1[nH]nc2c1C(c1cc(OC)cc(OC)c1)C(C#N)C(=N)O2. The molecule has 0 spiro atoms. The fraction of sp³-hybridized carbons (Fsp3) is 0.353. The summed E-state index contributed by atoms with van der Waals surface area (Å²) >= 11 is 0. The van der Waals surface area contributed by atoms with E-state index in [-0.39, 0.29) is 18.4 Å². The normalized spacial score (nSPS) is 18.9. The number of hydrogen-bond acceptors (Lipinski definition) is 7. The Morgan fingerprint density at radius 2 is 1.92 bits per heavy atom. The number of nitrogens with one attached hydrogen (secondary N) is 2. The molecule has 8 heteroatoms. The number of rotatable bonds is 5. The molecule has 0 saturated carbocycles. The lowest BCUT2D eigenvalue weighted by molar-refractivity contribution is 0.180. The van der Waals surface area contributed by atoms with Gasteiger partial charge in [0.05, 0.1) is 32.6 Å². The van der Waals surface area contributed by atoms with Crippen molar-refractivity contribution in [3.8, 4) is 23.4 Å². The second kappa shape index (κ2) is 6.83. The number of nitriles is 1. The molecule has 0 radical (unpaired) electrons. The van der Waals surface area contributed by atoms with E-state index in [0.717, 1.165) is 5.56 Å². The molecule has 2 N–H and O–H groups in total. The van der Waals surface area contributed by atoms with Crippen molar-refractivity contribution in [2.24, 2.45) is 5.92 Å². The van der Waals surface area contributed by atoms with Crippen LogP contribution in [0.15, 0.2) is 18.2 Å². The second-order valence-electron chi connectivity index (χ2n) is 5.55. The minimum Gasteiger partial charge on any atom is -0.497 e. The molecule has 25 heavy (non-hydrogen) atoms. The molecule has 2 aromatic rings. The predicted molar refractivity (Wildman–Crippen MR) is 88.1 cm³/mol. The van der Waals surface area contributed by atoms with Crippen LogP contribution in [0.2, 0.25) is 0 Å². The highest BCUT2D eigenvalue weighted by Crippen LogP contribution is 2.44. The average Bonchev–Trinajstić information content (AvgIpc) is 3.02. The number of hydrogen-bond donors (Lipinski definition) is 2. The van der Waals surface area contributed by atoms with E-state index in [9.17, 15) is 5.26 Å². The molecule has 2 atom stereocenters. The molecule has 2 unspecified atom stereocenters. The van der Waals surface area contributed by atoms with Crippen molar-refractivity contribution in [2.45, 2.75) is 12.5 Å². The van der Waals surface area contributed by atoms with Crippen LogP contribution in [0.1, 0.15) is 22.7 Å². The highest BCUT2D eigenvalue weighted by atomic mass is 16.5. The minimum atomic E-state index is -0.794. The van der Waals surface area contributed by atoms with Crippen LogP contribution in [-0.2, 0) is 11.3 Å². The van der Waals surface area contributed by atoms with Crippen LogP contribution in [0, 0.1) is 22.7 Å². The summed E-state index contributed by atoms with van der Waals surface area (Å²) in [4.78, 5) is 0. The van der Waals surface area contributed by atoms with Crippen molar-refractivity contribution in [3.05, 3.63) is 35.0 Å². The first-order valence-electron chi connectivity index (χ1n) is 7.57. The Balaban J connectivity index is 2.20. The lowest BCUT2D eigenvalue weighted by Gasteiger charge is -2.28. The molecule has 1 aromatic carbocycles. The Kier molecular flexibility index (Phi) is 4.59. The predicted octanol–water partition coefficient (Wildman–Crippen LogP) is 2.21. The van der Waals surface area contributed by atoms with E-state index in [1.165, 1.54) is 0 Å². The van der Waals surface area contributed by atoms with Crippen molar-refractivity contribution in [1.29, 1.82) is 10.7 Å². The molecular weight excluding hydrogens is 324 g/mol. The van der Waals surface area contributed by atoms with Gasteiger partial charge in [-0.2, -0.15) is 5.26 Å². The lowest BCUT2D eigenvalue weighted by Crippen LogP contribution is -2.31. The van der Waals surface area contributed by atoms with Gasteiger partial charge in [-0.15, -0.1) is 5.10 Å². The van der Waals surface area contributed by atoms with E-state index < -0.39 is 11.8 Å². The van der Waals surface area contributed by atoms with Gasteiger partial charge in [-0.3, -0.25) is 10.5 Å². The Hall–Kier alpha value is -3.05. The maximum atomic E-state index is 9.63. The molecule has 130 valence electrons. The van der Waals surface area contributed by atoms with Gasteiger partial charge < -0.3 is 18.9 Å². The third-order valence-electron chi connectivity index (χ3n) is 4.14. The summed E-state index contributed by atoms with van der Waals surface area (Å²) in [6.45, 7) is 0.286. The van der Waals surface area contributed by atoms with Gasteiger partial charge in [-0.1, -0.05) is 0 Å². The third-order valence-corrected chi connectivity index (χ3v) is 4.14. The van der Waals surface area contributed by atoms with Crippen molar-refractivity contribution in [1.82, 2.24) is 10.2 Å². The number of fused-ring (bicyclic) bond motifs is 1. The number of ether oxygens (including phenoxy) is 4. The second-order valence-corrected chi connectivity index (χ2v) is 5.55. The highest BCUT2D eigenvalue weighted by molar-refractivity contribution is 5.84. The molecule has 1 aliphatic rings. The zero-order valence-corrected chi connectivity index (χ0v) is 14.1. The Bertz CT molecular complexity index is 817. The van der Waals surface area contributed by atoms with Crippen LogP contribution >= 0.6 is 0 Å². The molecule has 2 heterocycles. The van der Waals surface area contributed by atoms with Crippen LogP contribution in [0.4, 0.5) is 0 Å². The van der Waals surface area contributed by atoms with E-state index in [0.29, 0.717) is 22.8 Å². The van der Waals surface area contributed by atoms with Gasteiger partial charge in [0, 0.05) is 24.7 Å². The van der Waals surface area contributed by atoms with Crippen LogP contribution in [0.25, 0.3) is 0 Å². The van der Waals surface area contributed by atoms with E-state index in [2.05, 4.69) is 16.3 Å². The van der Waals surface area contributed by atoms with E-state index in [1.54, 1.807) is 27.4 Å². The number of aromatic amines is 1. The summed E-state index contributed by atoms with van der Waals surface area (Å²) < 4.78 is 21.3. The van der Waals surface area contributed by atoms with Crippen molar-refractivity contribution in [3.63, 3.8) is 0 Å². The molecule has 0 bridgehead atoms. The van der Waals surface area contributed by atoms with Gasteiger partial charge in [0.25, 0.3) is 0 Å². The van der Waals surface area contributed by atoms with Gasteiger partial charge in [0.15, 0.2) is 0 Å². The Morgan fingerprint density at radius 3 is 2.48 bits per heavy atom. The summed E-state index contributed by atoms with van der Waals surface area (Å²) in [5, 5.41) is 24.7. The maximum Gasteiger partial charge on any atom is 0.243 e. The molecule has 0 amide bonds. The summed E-state index contributed by atoms with van der Waals surface area (Å²) in [6, 6.07) is 7.56. The van der Waals surface area contributed by atoms with Gasteiger partial charge in [0.1, 0.15) is 17.4 Å². The molecule has 0 fully saturated rings. The summed E-state index contributed by atoms with van der Waals surface area (Å²) in [6.07, 6.45) is 0. The molecule has 1 aromatic heterocycles. The smallest absolute Gasteiger partial charge is 0.243 e. The fourth-order valence-corrected chi connectivity index (χ4v) is 3.01. The maximum absolute atomic E-state index is 9.63. The monoisotopic (exact) mass is 342 g/mol. The number of aromatic nitrogens is 2. The number of benzene rings is 1. The third kappa shape index (κ3) is 2.90. The highest BCUT2D eigenvalue weighted by Gasteiger charge is 2.40. The number of H-pyrrole nitrogens is 1. The number of nitrogens with zero attached hydrogens (tertiary/aromatic N) is 2. The van der Waals surface area contributed by atoms with Crippen LogP contribution in [0.5, 0.6) is 17.4 Å². The van der Waals surface area contributed by atoms with Gasteiger partial charge >= 0.3 is 0 Å². The van der Waals surface area contributed by atoms with E-state index in [1.807, 2.05) is 12.1 Å². The fourth-order valence-electron chi connectivity index (χ4n) is 3.01. The molecule has 0 saturated heterocycles. The van der Waals surface area contributed by atoms with Gasteiger partial charge in [0.2, 0.25) is 11.8 Å². The quantitative estimate of drug-likeness (QED) is 0.861. The average molecular weight is 342 g/mol. The largest absolute Gasteiger partial charge is 0.497 e.